The molecule has 0 bridgehead atoms. The van der Waals surface area contributed by atoms with Crippen LogP contribution in [-0.2, 0) is 16.0 Å². The molecule has 0 aromatic heterocycles. The van der Waals surface area contributed by atoms with Gasteiger partial charge < -0.3 is 9.64 Å². The van der Waals surface area contributed by atoms with Crippen molar-refractivity contribution < 1.29 is 9.53 Å². The molecule has 1 unspecified atom stereocenters. The number of piperidine rings is 1. The highest BCUT2D eigenvalue weighted by molar-refractivity contribution is 5.76. The van der Waals surface area contributed by atoms with Gasteiger partial charge in [0.15, 0.2) is 0 Å². The fourth-order valence-electron chi connectivity index (χ4n) is 3.87. The first kappa shape index (κ1) is 14.6. The first-order valence-corrected chi connectivity index (χ1v) is 8.08. The van der Waals surface area contributed by atoms with Crippen molar-refractivity contribution in [3.8, 4) is 0 Å². The lowest BCUT2D eigenvalue weighted by Crippen LogP contribution is -2.53. The van der Waals surface area contributed by atoms with Crippen LogP contribution in [-0.4, -0.2) is 37.1 Å². The van der Waals surface area contributed by atoms with Gasteiger partial charge in [0.1, 0.15) is 0 Å². The molecule has 3 rings (SSSR count). The Kier molecular flexibility index (Phi) is 4.29. The summed E-state index contributed by atoms with van der Waals surface area (Å²) in [5, 5.41) is 0. The Hall–Kier alpha value is -1.35. The van der Waals surface area contributed by atoms with E-state index in [0.717, 1.165) is 32.4 Å². The third kappa shape index (κ3) is 2.98. The topological polar surface area (TPSA) is 29.5 Å². The molecular weight excluding hydrogens is 262 g/mol. The smallest absolute Gasteiger partial charge is 0.222 e. The van der Waals surface area contributed by atoms with Crippen LogP contribution in [0.4, 0.5) is 0 Å². The third-order valence-corrected chi connectivity index (χ3v) is 5.45. The quantitative estimate of drug-likeness (QED) is 0.852. The molecule has 1 aromatic carbocycles. The van der Waals surface area contributed by atoms with E-state index in [4.69, 9.17) is 4.74 Å². The fourth-order valence-corrected chi connectivity index (χ4v) is 3.87. The second-order valence-corrected chi connectivity index (χ2v) is 6.49. The van der Waals surface area contributed by atoms with Crippen molar-refractivity contribution in [2.75, 3.05) is 20.2 Å². The molecule has 1 amide bonds. The van der Waals surface area contributed by atoms with E-state index < -0.39 is 0 Å². The number of amides is 1. The van der Waals surface area contributed by atoms with Crippen molar-refractivity contribution in [2.45, 2.75) is 44.6 Å². The Morgan fingerprint density at radius 3 is 2.52 bits per heavy atom. The van der Waals surface area contributed by atoms with E-state index in [0.29, 0.717) is 23.8 Å². The van der Waals surface area contributed by atoms with Crippen LogP contribution in [0, 0.1) is 5.41 Å². The van der Waals surface area contributed by atoms with Crippen molar-refractivity contribution >= 4 is 5.91 Å². The summed E-state index contributed by atoms with van der Waals surface area (Å²) < 4.78 is 5.58. The SMILES string of the molecule is COC1CCC12CCN(C(=O)CCc1ccccc1)CC2. The van der Waals surface area contributed by atoms with Crippen molar-refractivity contribution in [3.05, 3.63) is 35.9 Å². The van der Waals surface area contributed by atoms with E-state index in [-0.39, 0.29) is 0 Å². The van der Waals surface area contributed by atoms with Gasteiger partial charge in [-0.3, -0.25) is 4.79 Å². The van der Waals surface area contributed by atoms with Crippen molar-refractivity contribution in [3.63, 3.8) is 0 Å². The Morgan fingerprint density at radius 1 is 1.24 bits per heavy atom. The van der Waals surface area contributed by atoms with Gasteiger partial charge in [0.2, 0.25) is 5.91 Å². The Bertz CT molecular complexity index is 475. The van der Waals surface area contributed by atoms with E-state index >= 15 is 0 Å². The average molecular weight is 287 g/mol. The van der Waals surface area contributed by atoms with Crippen LogP contribution in [0.2, 0.25) is 0 Å². The number of carbonyl (C=O) groups excluding carboxylic acids is 1. The summed E-state index contributed by atoms with van der Waals surface area (Å²) in [6, 6.07) is 10.3. The summed E-state index contributed by atoms with van der Waals surface area (Å²) in [4.78, 5) is 14.4. The van der Waals surface area contributed by atoms with Gasteiger partial charge in [-0.15, -0.1) is 0 Å². The van der Waals surface area contributed by atoms with Crippen molar-refractivity contribution in [1.29, 1.82) is 0 Å². The van der Waals surface area contributed by atoms with Crippen LogP contribution < -0.4 is 0 Å². The molecule has 1 atom stereocenters. The third-order valence-electron chi connectivity index (χ3n) is 5.45. The molecular formula is C18H25NO2. The number of methoxy groups -OCH3 is 1. The first-order chi connectivity index (χ1) is 10.2. The molecule has 0 N–H and O–H groups in total. The molecule has 1 spiro atoms. The monoisotopic (exact) mass is 287 g/mol. The van der Waals surface area contributed by atoms with Crippen molar-refractivity contribution in [2.24, 2.45) is 5.41 Å². The molecule has 1 aliphatic heterocycles. The van der Waals surface area contributed by atoms with Gasteiger partial charge in [-0.1, -0.05) is 30.3 Å². The molecule has 1 saturated heterocycles. The molecule has 1 heterocycles. The molecule has 1 aliphatic carbocycles. The number of ether oxygens (including phenoxy) is 1. The van der Waals surface area contributed by atoms with Crippen LogP contribution in [0.1, 0.15) is 37.7 Å². The van der Waals surface area contributed by atoms with Gasteiger partial charge in [0, 0.05) is 32.0 Å². The van der Waals surface area contributed by atoms with Gasteiger partial charge in [-0.2, -0.15) is 0 Å². The highest BCUT2D eigenvalue weighted by Gasteiger charge is 2.48. The van der Waals surface area contributed by atoms with E-state index in [2.05, 4.69) is 17.0 Å². The highest BCUT2D eigenvalue weighted by atomic mass is 16.5. The molecule has 2 fully saturated rings. The van der Waals surface area contributed by atoms with Gasteiger partial charge >= 0.3 is 0 Å². The second-order valence-electron chi connectivity index (χ2n) is 6.49. The number of likely N-dealkylation sites (tertiary alicyclic amines) is 1. The molecule has 1 saturated carbocycles. The summed E-state index contributed by atoms with van der Waals surface area (Å²) >= 11 is 0. The van der Waals surface area contributed by atoms with Crippen LogP contribution >= 0.6 is 0 Å². The number of nitrogens with zero attached hydrogens (tertiary/aromatic N) is 1. The van der Waals surface area contributed by atoms with E-state index in [9.17, 15) is 4.79 Å². The fraction of sp³-hybridized carbons (Fsp3) is 0.611. The molecule has 1 aromatic rings. The Morgan fingerprint density at radius 2 is 1.95 bits per heavy atom. The molecule has 0 radical (unpaired) electrons. The minimum absolute atomic E-state index is 0.307. The number of aryl methyl sites for hydroxylation is 1. The maximum Gasteiger partial charge on any atom is 0.222 e. The Balaban J connectivity index is 1.47. The van der Waals surface area contributed by atoms with Gasteiger partial charge in [0.25, 0.3) is 0 Å². The minimum atomic E-state index is 0.307. The predicted molar refractivity (Wildman–Crippen MR) is 83.0 cm³/mol. The summed E-state index contributed by atoms with van der Waals surface area (Å²) in [5.74, 6) is 0.307. The summed E-state index contributed by atoms with van der Waals surface area (Å²) in [7, 11) is 1.82. The maximum atomic E-state index is 12.3. The zero-order valence-electron chi connectivity index (χ0n) is 12.9. The highest BCUT2D eigenvalue weighted by Crippen LogP contribution is 2.50. The average Bonchev–Trinajstić information content (AvgIpc) is 2.53. The van der Waals surface area contributed by atoms with E-state index in [1.54, 1.807) is 0 Å². The minimum Gasteiger partial charge on any atom is -0.381 e. The van der Waals surface area contributed by atoms with Gasteiger partial charge in [0.05, 0.1) is 6.10 Å². The van der Waals surface area contributed by atoms with E-state index in [1.165, 1.54) is 18.4 Å². The summed E-state index contributed by atoms with van der Waals surface area (Å²) in [5.41, 5.74) is 1.63. The molecule has 3 heteroatoms. The first-order valence-electron chi connectivity index (χ1n) is 8.08. The molecule has 2 aliphatic rings. The lowest BCUT2D eigenvalue weighted by molar-refractivity contribution is -0.144. The molecule has 114 valence electrons. The number of hydrogen-bond donors (Lipinski definition) is 0. The van der Waals surface area contributed by atoms with Gasteiger partial charge in [-0.05, 0) is 37.7 Å². The molecule has 21 heavy (non-hydrogen) atoms. The number of hydrogen-bond acceptors (Lipinski definition) is 2. The zero-order chi connectivity index (χ0) is 14.7. The van der Waals surface area contributed by atoms with Gasteiger partial charge in [-0.25, -0.2) is 0 Å². The van der Waals surface area contributed by atoms with Crippen LogP contribution in [0.5, 0.6) is 0 Å². The lowest BCUT2D eigenvalue weighted by Gasteiger charge is -2.53. The number of rotatable bonds is 4. The predicted octanol–water partition coefficient (Wildman–Crippen LogP) is 3.04. The standard InChI is InChI=1S/C18H25NO2/c1-21-16-9-10-18(16)11-13-19(14-12-18)17(20)8-7-15-5-3-2-4-6-15/h2-6,16H,7-14H2,1H3. The Labute approximate surface area is 127 Å². The molecule has 3 nitrogen and oxygen atoms in total. The number of carbonyl (C=O) groups is 1. The van der Waals surface area contributed by atoms with Crippen LogP contribution in [0.3, 0.4) is 0 Å². The summed E-state index contributed by atoms with van der Waals surface area (Å²) in [6.45, 7) is 1.82. The summed E-state index contributed by atoms with van der Waals surface area (Å²) in [6.07, 6.45) is 6.60. The van der Waals surface area contributed by atoms with Crippen LogP contribution in [0.25, 0.3) is 0 Å². The maximum absolute atomic E-state index is 12.3. The lowest BCUT2D eigenvalue weighted by atomic mass is 9.61. The van der Waals surface area contributed by atoms with Crippen molar-refractivity contribution in [1.82, 2.24) is 4.90 Å². The largest absolute Gasteiger partial charge is 0.381 e. The van der Waals surface area contributed by atoms with Crippen LogP contribution in [0.15, 0.2) is 30.3 Å². The number of benzene rings is 1. The second kappa shape index (κ2) is 6.18. The zero-order valence-corrected chi connectivity index (χ0v) is 12.9. The normalized spacial score (nSPS) is 23.9. The van der Waals surface area contributed by atoms with E-state index in [1.807, 2.05) is 25.3 Å².